The second-order valence-electron chi connectivity index (χ2n) is 4.35. The largest absolute Gasteiger partial charge is 0.497 e. The van der Waals surface area contributed by atoms with Crippen LogP contribution in [0.1, 0.15) is 22.7 Å². The van der Waals surface area contributed by atoms with E-state index in [0.29, 0.717) is 11.1 Å². The lowest BCUT2D eigenvalue weighted by Crippen LogP contribution is -2.29. The van der Waals surface area contributed by atoms with Crippen molar-refractivity contribution in [3.63, 3.8) is 0 Å². The van der Waals surface area contributed by atoms with Gasteiger partial charge in [-0.2, -0.15) is 0 Å². The molecule has 1 atom stereocenters. The first kappa shape index (κ1) is 13.5. The van der Waals surface area contributed by atoms with E-state index in [1.54, 1.807) is 26.2 Å². The number of aryl methyl sites for hydroxylation is 1. The Morgan fingerprint density at radius 3 is 2.42 bits per heavy atom. The van der Waals surface area contributed by atoms with Crippen LogP contribution in [0.25, 0.3) is 0 Å². The predicted molar refractivity (Wildman–Crippen MR) is 73.3 cm³/mol. The van der Waals surface area contributed by atoms with E-state index in [4.69, 9.17) is 10.6 Å². The number of halogens is 1. The van der Waals surface area contributed by atoms with Crippen LogP contribution in [0.5, 0.6) is 5.75 Å². The van der Waals surface area contributed by atoms with Crippen molar-refractivity contribution in [2.45, 2.75) is 13.0 Å². The molecule has 1 unspecified atom stereocenters. The number of benzene rings is 2. The number of ether oxygens (including phenoxy) is 1. The van der Waals surface area contributed by atoms with Crippen molar-refractivity contribution >= 4 is 0 Å². The maximum atomic E-state index is 14.1. The molecule has 0 saturated carbocycles. The van der Waals surface area contributed by atoms with E-state index in [9.17, 15) is 4.39 Å². The van der Waals surface area contributed by atoms with Gasteiger partial charge in [-0.1, -0.05) is 30.3 Å². The Balaban J connectivity index is 2.40. The first-order chi connectivity index (χ1) is 9.17. The molecule has 0 fully saturated rings. The average molecular weight is 260 g/mol. The predicted octanol–water partition coefficient (Wildman–Crippen LogP) is 2.70. The smallest absolute Gasteiger partial charge is 0.131 e. The third-order valence-electron chi connectivity index (χ3n) is 3.15. The summed E-state index contributed by atoms with van der Waals surface area (Å²) in [5, 5.41) is 0. The van der Waals surface area contributed by atoms with Crippen LogP contribution in [-0.4, -0.2) is 7.11 Å². The van der Waals surface area contributed by atoms with Gasteiger partial charge >= 0.3 is 0 Å². The number of hydrazine groups is 1. The van der Waals surface area contributed by atoms with Gasteiger partial charge in [-0.05, 0) is 30.2 Å². The highest BCUT2D eigenvalue weighted by Crippen LogP contribution is 2.26. The minimum Gasteiger partial charge on any atom is -0.497 e. The van der Waals surface area contributed by atoms with Crippen LogP contribution in [0.2, 0.25) is 0 Å². The molecule has 2 aromatic carbocycles. The molecule has 0 saturated heterocycles. The van der Waals surface area contributed by atoms with Gasteiger partial charge in [-0.3, -0.25) is 5.84 Å². The molecule has 3 nitrogen and oxygen atoms in total. The molecule has 19 heavy (non-hydrogen) atoms. The lowest BCUT2D eigenvalue weighted by atomic mass is 9.97. The molecule has 0 amide bonds. The van der Waals surface area contributed by atoms with Crippen LogP contribution >= 0.6 is 0 Å². The standard InChI is InChI=1S/C15H17FN2O/c1-10-4-3-5-13(14(10)16)15(18-17)11-6-8-12(19-2)9-7-11/h3-9,15,18H,17H2,1-2H3. The summed E-state index contributed by atoms with van der Waals surface area (Å²) < 4.78 is 19.3. The molecule has 3 N–H and O–H groups in total. The van der Waals surface area contributed by atoms with E-state index in [1.165, 1.54) is 0 Å². The zero-order chi connectivity index (χ0) is 13.8. The zero-order valence-corrected chi connectivity index (χ0v) is 11.0. The van der Waals surface area contributed by atoms with Crippen molar-refractivity contribution in [3.05, 3.63) is 65.0 Å². The molecule has 100 valence electrons. The number of rotatable bonds is 4. The third-order valence-corrected chi connectivity index (χ3v) is 3.15. The second kappa shape index (κ2) is 5.82. The molecule has 2 rings (SSSR count). The molecule has 0 aliphatic carbocycles. The summed E-state index contributed by atoms with van der Waals surface area (Å²) in [4.78, 5) is 0. The van der Waals surface area contributed by atoms with Crippen LogP contribution in [0.4, 0.5) is 4.39 Å². The quantitative estimate of drug-likeness (QED) is 0.656. The minimum absolute atomic E-state index is 0.235. The fraction of sp³-hybridized carbons (Fsp3) is 0.200. The Morgan fingerprint density at radius 1 is 1.16 bits per heavy atom. The number of nitrogens with two attached hydrogens (primary N) is 1. The van der Waals surface area contributed by atoms with Gasteiger partial charge in [0.1, 0.15) is 11.6 Å². The fourth-order valence-corrected chi connectivity index (χ4v) is 2.05. The molecule has 2 aromatic rings. The van der Waals surface area contributed by atoms with Crippen molar-refractivity contribution < 1.29 is 9.13 Å². The SMILES string of the molecule is COc1ccc(C(NN)c2cccc(C)c2F)cc1. The first-order valence-corrected chi connectivity index (χ1v) is 6.02. The summed E-state index contributed by atoms with van der Waals surface area (Å²) >= 11 is 0. The van der Waals surface area contributed by atoms with Crippen LogP contribution < -0.4 is 16.0 Å². The van der Waals surface area contributed by atoms with Crippen molar-refractivity contribution in [2.75, 3.05) is 7.11 Å². The van der Waals surface area contributed by atoms with Crippen LogP contribution in [0.3, 0.4) is 0 Å². The highest BCUT2D eigenvalue weighted by Gasteiger charge is 2.17. The molecule has 0 bridgehead atoms. The molecule has 0 spiro atoms. The summed E-state index contributed by atoms with van der Waals surface area (Å²) in [6, 6.07) is 12.3. The molecule has 0 aliphatic rings. The highest BCUT2D eigenvalue weighted by atomic mass is 19.1. The normalized spacial score (nSPS) is 12.2. The molecular weight excluding hydrogens is 243 g/mol. The van der Waals surface area contributed by atoms with E-state index in [-0.39, 0.29) is 11.9 Å². The van der Waals surface area contributed by atoms with E-state index in [1.807, 2.05) is 30.3 Å². The number of methoxy groups -OCH3 is 1. The van der Waals surface area contributed by atoms with E-state index >= 15 is 0 Å². The number of hydrogen-bond acceptors (Lipinski definition) is 3. The number of nitrogens with one attached hydrogen (secondary N) is 1. The van der Waals surface area contributed by atoms with Crippen molar-refractivity contribution in [3.8, 4) is 5.75 Å². The number of hydrogen-bond donors (Lipinski definition) is 2. The van der Waals surface area contributed by atoms with Gasteiger partial charge in [0.15, 0.2) is 0 Å². The lowest BCUT2D eigenvalue weighted by Gasteiger charge is -2.18. The van der Waals surface area contributed by atoms with Gasteiger partial charge in [-0.25, -0.2) is 9.82 Å². The molecule has 0 heterocycles. The average Bonchev–Trinajstić information content (AvgIpc) is 2.45. The minimum atomic E-state index is -0.384. The van der Waals surface area contributed by atoms with Crippen molar-refractivity contribution in [1.82, 2.24) is 5.43 Å². The summed E-state index contributed by atoms with van der Waals surface area (Å²) in [5.74, 6) is 6.10. The van der Waals surface area contributed by atoms with Crippen LogP contribution in [0.15, 0.2) is 42.5 Å². The third kappa shape index (κ3) is 2.75. The molecule has 4 heteroatoms. The van der Waals surface area contributed by atoms with Gasteiger partial charge in [-0.15, -0.1) is 0 Å². The monoisotopic (exact) mass is 260 g/mol. The molecular formula is C15H17FN2O. The van der Waals surface area contributed by atoms with Gasteiger partial charge in [0.05, 0.1) is 13.2 Å². The Hall–Kier alpha value is -1.91. The zero-order valence-electron chi connectivity index (χ0n) is 11.0. The summed E-state index contributed by atoms with van der Waals surface area (Å²) in [7, 11) is 1.61. The summed E-state index contributed by atoms with van der Waals surface area (Å²) in [6.07, 6.45) is 0. The Kier molecular flexibility index (Phi) is 4.14. The maximum Gasteiger partial charge on any atom is 0.131 e. The van der Waals surface area contributed by atoms with Crippen molar-refractivity contribution in [1.29, 1.82) is 0 Å². The highest BCUT2D eigenvalue weighted by molar-refractivity contribution is 5.37. The first-order valence-electron chi connectivity index (χ1n) is 6.02. The Bertz CT molecular complexity index is 555. The van der Waals surface area contributed by atoms with Crippen molar-refractivity contribution in [2.24, 2.45) is 5.84 Å². The van der Waals surface area contributed by atoms with Gasteiger partial charge in [0, 0.05) is 5.56 Å². The molecule has 0 aromatic heterocycles. The van der Waals surface area contributed by atoms with Gasteiger partial charge in [0.2, 0.25) is 0 Å². The fourth-order valence-electron chi connectivity index (χ4n) is 2.05. The van der Waals surface area contributed by atoms with E-state index in [2.05, 4.69) is 5.43 Å². The lowest BCUT2D eigenvalue weighted by molar-refractivity contribution is 0.414. The molecule has 0 radical (unpaired) electrons. The molecule has 0 aliphatic heterocycles. The maximum absolute atomic E-state index is 14.1. The topological polar surface area (TPSA) is 47.3 Å². The Labute approximate surface area is 112 Å². The summed E-state index contributed by atoms with van der Waals surface area (Å²) in [5.41, 5.74) is 4.68. The van der Waals surface area contributed by atoms with Gasteiger partial charge < -0.3 is 4.74 Å². The summed E-state index contributed by atoms with van der Waals surface area (Å²) in [6.45, 7) is 1.74. The Morgan fingerprint density at radius 2 is 1.84 bits per heavy atom. The van der Waals surface area contributed by atoms with E-state index in [0.717, 1.165) is 11.3 Å². The van der Waals surface area contributed by atoms with Crippen LogP contribution in [0, 0.1) is 12.7 Å². The second-order valence-corrected chi connectivity index (χ2v) is 4.35. The van der Waals surface area contributed by atoms with Gasteiger partial charge in [0.25, 0.3) is 0 Å². The van der Waals surface area contributed by atoms with E-state index < -0.39 is 0 Å². The van der Waals surface area contributed by atoms with Crippen LogP contribution in [-0.2, 0) is 0 Å².